The van der Waals surface area contributed by atoms with Gasteiger partial charge in [-0.2, -0.15) is 0 Å². The van der Waals surface area contributed by atoms with Crippen molar-refractivity contribution in [1.82, 2.24) is 24.6 Å². The molecule has 0 fully saturated rings. The number of hydrogen-bond donors (Lipinski definition) is 0. The number of pyridine rings is 1. The highest BCUT2D eigenvalue weighted by Gasteiger charge is 2.18. The van der Waals surface area contributed by atoms with Gasteiger partial charge in [0, 0.05) is 37.2 Å². The Balaban J connectivity index is 1.50. The van der Waals surface area contributed by atoms with E-state index >= 15 is 0 Å². The lowest BCUT2D eigenvalue weighted by molar-refractivity contribution is -0.127. The monoisotopic (exact) mass is 463 g/mol. The minimum atomic E-state index is -0.454. The Hall–Kier alpha value is -3.72. The first-order valence-corrected chi connectivity index (χ1v) is 11.2. The number of aromatic nitrogens is 4. The van der Waals surface area contributed by atoms with Gasteiger partial charge >= 0.3 is 0 Å². The highest BCUT2D eigenvalue weighted by molar-refractivity contribution is 7.99. The molecule has 0 spiro atoms. The number of para-hydroxylation sites is 1. The standard InChI is InChI=1S/C24H22FN5O2S/c1-29(15-17-8-9-21(32-2)20(25)14-17)22(31)16-33-24-28-27-23(18-10-12-26-13-11-18)30(24)19-6-4-3-5-7-19/h3-14H,15-16H2,1-2H3. The fourth-order valence-corrected chi connectivity index (χ4v) is 4.16. The molecule has 0 radical (unpaired) electrons. The van der Waals surface area contributed by atoms with Crippen LogP contribution in [0.25, 0.3) is 17.1 Å². The summed E-state index contributed by atoms with van der Waals surface area (Å²) in [6.07, 6.45) is 3.40. The highest BCUT2D eigenvalue weighted by Crippen LogP contribution is 2.28. The third-order valence-electron chi connectivity index (χ3n) is 4.97. The van der Waals surface area contributed by atoms with Gasteiger partial charge in [-0.15, -0.1) is 10.2 Å². The molecule has 7 nitrogen and oxygen atoms in total. The Kier molecular flexibility index (Phi) is 6.99. The Morgan fingerprint density at radius 2 is 1.85 bits per heavy atom. The molecule has 0 aliphatic rings. The van der Waals surface area contributed by atoms with Crippen molar-refractivity contribution in [1.29, 1.82) is 0 Å². The van der Waals surface area contributed by atoms with Crippen LogP contribution in [0.4, 0.5) is 4.39 Å². The zero-order chi connectivity index (χ0) is 23.2. The summed E-state index contributed by atoms with van der Waals surface area (Å²) in [7, 11) is 3.11. The quantitative estimate of drug-likeness (QED) is 0.364. The van der Waals surface area contributed by atoms with Gasteiger partial charge in [-0.05, 0) is 42.0 Å². The average Bonchev–Trinajstić information content (AvgIpc) is 3.27. The molecule has 0 aliphatic heterocycles. The Labute approximate surface area is 195 Å². The lowest BCUT2D eigenvalue weighted by atomic mass is 10.2. The smallest absolute Gasteiger partial charge is 0.233 e. The molecule has 1 amide bonds. The van der Waals surface area contributed by atoms with E-state index in [0.29, 0.717) is 16.5 Å². The van der Waals surface area contributed by atoms with E-state index in [1.165, 1.54) is 24.9 Å². The minimum Gasteiger partial charge on any atom is -0.494 e. The van der Waals surface area contributed by atoms with Crippen LogP contribution < -0.4 is 4.74 Å². The van der Waals surface area contributed by atoms with Crippen LogP contribution >= 0.6 is 11.8 Å². The number of methoxy groups -OCH3 is 1. The second-order valence-corrected chi connectivity index (χ2v) is 8.16. The molecule has 2 heterocycles. The van der Waals surface area contributed by atoms with Gasteiger partial charge < -0.3 is 9.64 Å². The van der Waals surface area contributed by atoms with E-state index in [1.807, 2.05) is 47.0 Å². The number of ether oxygens (including phenoxy) is 1. The third kappa shape index (κ3) is 5.20. The molecule has 0 unspecified atom stereocenters. The second-order valence-electron chi connectivity index (χ2n) is 7.22. The number of benzene rings is 2. The number of nitrogens with zero attached hydrogens (tertiary/aromatic N) is 5. The lowest BCUT2D eigenvalue weighted by Gasteiger charge is -2.17. The highest BCUT2D eigenvalue weighted by atomic mass is 32.2. The van der Waals surface area contributed by atoms with Gasteiger partial charge in [-0.1, -0.05) is 36.0 Å². The number of amides is 1. The molecular formula is C24H22FN5O2S. The van der Waals surface area contributed by atoms with Gasteiger partial charge in [0.15, 0.2) is 22.5 Å². The molecule has 168 valence electrons. The SMILES string of the molecule is COc1ccc(CN(C)C(=O)CSc2nnc(-c3ccncc3)n2-c2ccccc2)cc1F. The third-order valence-corrected chi connectivity index (χ3v) is 5.89. The zero-order valence-electron chi connectivity index (χ0n) is 18.2. The normalized spacial score (nSPS) is 10.8. The van der Waals surface area contributed by atoms with Crippen LogP contribution in [0.5, 0.6) is 5.75 Å². The van der Waals surface area contributed by atoms with E-state index in [9.17, 15) is 9.18 Å². The van der Waals surface area contributed by atoms with Crippen LogP contribution in [-0.2, 0) is 11.3 Å². The van der Waals surface area contributed by atoms with Crippen molar-refractivity contribution in [3.8, 4) is 22.8 Å². The lowest BCUT2D eigenvalue weighted by Crippen LogP contribution is -2.28. The Bertz CT molecular complexity index is 1230. The molecular weight excluding hydrogens is 441 g/mol. The van der Waals surface area contributed by atoms with Gasteiger partial charge in [0.2, 0.25) is 5.91 Å². The average molecular weight is 464 g/mol. The molecule has 4 rings (SSSR count). The second kappa shape index (κ2) is 10.3. The Morgan fingerprint density at radius 1 is 1.09 bits per heavy atom. The molecule has 4 aromatic rings. The maximum absolute atomic E-state index is 14.0. The van der Waals surface area contributed by atoms with Crippen LogP contribution in [0.2, 0.25) is 0 Å². The Morgan fingerprint density at radius 3 is 2.55 bits per heavy atom. The maximum atomic E-state index is 14.0. The van der Waals surface area contributed by atoms with E-state index in [4.69, 9.17) is 4.74 Å². The first kappa shape index (κ1) is 22.5. The number of thioether (sulfide) groups is 1. The molecule has 2 aromatic carbocycles. The summed E-state index contributed by atoms with van der Waals surface area (Å²) < 4.78 is 20.8. The predicted octanol–water partition coefficient (Wildman–Crippen LogP) is 4.23. The van der Waals surface area contributed by atoms with E-state index in [0.717, 1.165) is 11.3 Å². The summed E-state index contributed by atoms with van der Waals surface area (Å²) >= 11 is 1.30. The number of halogens is 1. The van der Waals surface area contributed by atoms with Gasteiger partial charge in [0.05, 0.1) is 12.9 Å². The molecule has 33 heavy (non-hydrogen) atoms. The van der Waals surface area contributed by atoms with Crippen molar-refractivity contribution < 1.29 is 13.9 Å². The number of rotatable bonds is 8. The molecule has 2 aromatic heterocycles. The summed E-state index contributed by atoms with van der Waals surface area (Å²) in [6, 6.07) is 18.1. The van der Waals surface area contributed by atoms with Crippen molar-refractivity contribution in [2.75, 3.05) is 19.9 Å². The number of carbonyl (C=O) groups excluding carboxylic acids is 1. The largest absolute Gasteiger partial charge is 0.494 e. The molecule has 0 saturated carbocycles. The summed E-state index contributed by atoms with van der Waals surface area (Å²) in [5, 5.41) is 9.30. The molecule has 0 atom stereocenters. The van der Waals surface area contributed by atoms with Crippen LogP contribution in [-0.4, -0.2) is 50.5 Å². The van der Waals surface area contributed by atoms with E-state index in [2.05, 4.69) is 15.2 Å². The summed E-state index contributed by atoms with van der Waals surface area (Å²) in [4.78, 5) is 18.4. The van der Waals surface area contributed by atoms with Crippen molar-refractivity contribution in [2.45, 2.75) is 11.7 Å². The molecule has 0 saturated heterocycles. The fourth-order valence-electron chi connectivity index (χ4n) is 3.27. The topological polar surface area (TPSA) is 73.1 Å². The van der Waals surface area contributed by atoms with E-state index in [1.54, 1.807) is 36.5 Å². The summed E-state index contributed by atoms with van der Waals surface area (Å²) in [6.45, 7) is 0.286. The van der Waals surface area contributed by atoms with Crippen molar-refractivity contribution in [3.05, 3.63) is 84.4 Å². The molecule has 0 aliphatic carbocycles. The van der Waals surface area contributed by atoms with Crippen LogP contribution in [0.1, 0.15) is 5.56 Å². The molecule has 0 bridgehead atoms. The van der Waals surface area contributed by atoms with Crippen molar-refractivity contribution in [2.24, 2.45) is 0 Å². The van der Waals surface area contributed by atoms with Crippen LogP contribution in [0.15, 0.2) is 78.2 Å². The number of carbonyl (C=O) groups is 1. The van der Waals surface area contributed by atoms with Gasteiger partial charge in [-0.25, -0.2) is 4.39 Å². The summed E-state index contributed by atoms with van der Waals surface area (Å²) in [5.41, 5.74) is 2.45. The van der Waals surface area contributed by atoms with Gasteiger partial charge in [0.1, 0.15) is 0 Å². The van der Waals surface area contributed by atoms with Crippen molar-refractivity contribution in [3.63, 3.8) is 0 Å². The molecule has 0 N–H and O–H groups in total. The summed E-state index contributed by atoms with van der Waals surface area (Å²) in [5.74, 6) is 0.444. The number of hydrogen-bond acceptors (Lipinski definition) is 6. The minimum absolute atomic E-state index is 0.107. The molecule has 9 heteroatoms. The van der Waals surface area contributed by atoms with Crippen LogP contribution in [0.3, 0.4) is 0 Å². The maximum Gasteiger partial charge on any atom is 0.233 e. The zero-order valence-corrected chi connectivity index (χ0v) is 19.0. The first-order valence-electron chi connectivity index (χ1n) is 10.2. The van der Waals surface area contributed by atoms with Gasteiger partial charge in [0.25, 0.3) is 0 Å². The first-order chi connectivity index (χ1) is 16.1. The van der Waals surface area contributed by atoms with Crippen molar-refractivity contribution >= 4 is 17.7 Å². The fraction of sp³-hybridized carbons (Fsp3) is 0.167. The van der Waals surface area contributed by atoms with E-state index < -0.39 is 5.82 Å². The van der Waals surface area contributed by atoms with Gasteiger partial charge in [-0.3, -0.25) is 14.3 Å². The van der Waals surface area contributed by atoms with E-state index in [-0.39, 0.29) is 24.0 Å². The predicted molar refractivity (Wildman–Crippen MR) is 125 cm³/mol. The van der Waals surface area contributed by atoms with Crippen LogP contribution in [0, 0.1) is 5.82 Å².